The number of carbonyl (C=O) groups is 1. The molecule has 0 radical (unpaired) electrons. The predicted octanol–water partition coefficient (Wildman–Crippen LogP) is 3.34. The number of likely N-dealkylation sites (N-methyl/N-ethyl adjacent to an activating group) is 1. The van der Waals surface area contributed by atoms with E-state index in [4.69, 9.17) is 4.74 Å². The van der Waals surface area contributed by atoms with Gasteiger partial charge in [0, 0.05) is 6.42 Å². The van der Waals surface area contributed by atoms with Crippen molar-refractivity contribution >= 4 is 5.97 Å². The highest BCUT2D eigenvalue weighted by molar-refractivity contribution is 5.78. The van der Waals surface area contributed by atoms with Crippen molar-refractivity contribution in [3.8, 4) is 5.75 Å². The van der Waals surface area contributed by atoms with E-state index >= 15 is 0 Å². The molecule has 2 atom stereocenters. The summed E-state index contributed by atoms with van der Waals surface area (Å²) in [7, 11) is 1.66. The average molecular weight is 293 g/mol. The molecular weight excluding hydrogens is 266 g/mol. The van der Waals surface area contributed by atoms with Crippen LogP contribution in [0.3, 0.4) is 0 Å². The highest BCUT2D eigenvalue weighted by Crippen LogP contribution is 2.26. The van der Waals surface area contributed by atoms with Crippen molar-refractivity contribution in [2.45, 2.75) is 58.6 Å². The maximum atomic E-state index is 11.3. The molecule has 0 aromatic heterocycles. The van der Waals surface area contributed by atoms with Gasteiger partial charge in [-0.05, 0) is 50.9 Å². The predicted molar refractivity (Wildman–Crippen MR) is 85.1 cm³/mol. The Labute approximate surface area is 127 Å². The third kappa shape index (κ3) is 4.46. The standard InChI is InChI=1S/C17H27NO3/c1-11(2)14-8-7-12(3)15(9-14)21-13(4)10-17(5,18-6)16(19)20/h7-9,11,13,18H,10H2,1-6H3,(H,19,20). The summed E-state index contributed by atoms with van der Waals surface area (Å²) in [5.41, 5.74) is 1.30. The molecule has 1 aromatic rings. The van der Waals surface area contributed by atoms with Gasteiger partial charge in [-0.25, -0.2) is 0 Å². The van der Waals surface area contributed by atoms with Crippen molar-refractivity contribution in [1.82, 2.24) is 5.32 Å². The zero-order valence-electron chi connectivity index (χ0n) is 13.9. The molecule has 0 bridgehead atoms. The zero-order valence-corrected chi connectivity index (χ0v) is 13.9. The molecule has 0 spiro atoms. The normalized spacial score (nSPS) is 15.6. The lowest BCUT2D eigenvalue weighted by Crippen LogP contribution is -2.50. The van der Waals surface area contributed by atoms with E-state index in [0.29, 0.717) is 12.3 Å². The van der Waals surface area contributed by atoms with E-state index in [0.717, 1.165) is 11.3 Å². The molecule has 118 valence electrons. The molecule has 2 N–H and O–H groups in total. The lowest BCUT2D eigenvalue weighted by Gasteiger charge is -2.28. The van der Waals surface area contributed by atoms with Gasteiger partial charge in [-0.1, -0.05) is 26.0 Å². The van der Waals surface area contributed by atoms with Gasteiger partial charge in [0.05, 0.1) is 6.10 Å². The van der Waals surface area contributed by atoms with Crippen molar-refractivity contribution in [1.29, 1.82) is 0 Å². The first-order valence-electron chi connectivity index (χ1n) is 7.39. The van der Waals surface area contributed by atoms with Crippen molar-refractivity contribution in [2.24, 2.45) is 0 Å². The Morgan fingerprint density at radius 3 is 2.48 bits per heavy atom. The van der Waals surface area contributed by atoms with Gasteiger partial charge in [-0.15, -0.1) is 0 Å². The highest BCUT2D eigenvalue weighted by atomic mass is 16.5. The smallest absolute Gasteiger partial charge is 0.323 e. The number of aryl methyl sites for hydroxylation is 1. The Kier molecular flexibility index (Phi) is 5.78. The lowest BCUT2D eigenvalue weighted by atomic mass is 9.95. The number of ether oxygens (including phenoxy) is 1. The van der Waals surface area contributed by atoms with Gasteiger partial charge in [-0.2, -0.15) is 0 Å². The second-order valence-electron chi connectivity index (χ2n) is 6.20. The fourth-order valence-corrected chi connectivity index (χ4v) is 2.23. The molecule has 21 heavy (non-hydrogen) atoms. The van der Waals surface area contributed by atoms with E-state index in [2.05, 4.69) is 25.2 Å². The number of benzene rings is 1. The summed E-state index contributed by atoms with van der Waals surface area (Å²) in [6.45, 7) is 9.86. The Hall–Kier alpha value is -1.55. The van der Waals surface area contributed by atoms with Crippen LogP contribution in [0.25, 0.3) is 0 Å². The SMILES string of the molecule is CNC(C)(CC(C)Oc1cc(C(C)C)ccc1C)C(=O)O. The number of carboxylic acid groups (broad SMARTS) is 1. The summed E-state index contributed by atoms with van der Waals surface area (Å²) >= 11 is 0. The first-order chi connectivity index (χ1) is 9.69. The molecule has 0 heterocycles. The largest absolute Gasteiger partial charge is 0.490 e. The Balaban J connectivity index is 2.86. The van der Waals surface area contributed by atoms with Gasteiger partial charge in [-0.3, -0.25) is 4.79 Å². The zero-order chi connectivity index (χ0) is 16.2. The molecule has 0 aliphatic heterocycles. The van der Waals surface area contributed by atoms with E-state index < -0.39 is 11.5 Å². The summed E-state index contributed by atoms with van der Waals surface area (Å²) < 4.78 is 5.98. The van der Waals surface area contributed by atoms with Gasteiger partial charge in [0.2, 0.25) is 0 Å². The third-order valence-corrected chi connectivity index (χ3v) is 3.93. The van der Waals surface area contributed by atoms with Crippen LogP contribution in [0, 0.1) is 6.92 Å². The van der Waals surface area contributed by atoms with Gasteiger partial charge in [0.25, 0.3) is 0 Å². The minimum absolute atomic E-state index is 0.195. The minimum atomic E-state index is -0.983. The first kappa shape index (κ1) is 17.5. The van der Waals surface area contributed by atoms with Gasteiger partial charge < -0.3 is 15.2 Å². The number of hydrogen-bond acceptors (Lipinski definition) is 3. The highest BCUT2D eigenvalue weighted by Gasteiger charge is 2.33. The fraction of sp³-hybridized carbons (Fsp3) is 0.588. The molecule has 0 fully saturated rings. The second-order valence-corrected chi connectivity index (χ2v) is 6.20. The maximum absolute atomic E-state index is 11.3. The van der Waals surface area contributed by atoms with Crippen LogP contribution in [0.5, 0.6) is 5.75 Å². The summed E-state index contributed by atoms with van der Waals surface area (Å²) in [6, 6.07) is 6.20. The van der Waals surface area contributed by atoms with Gasteiger partial charge in [0.1, 0.15) is 11.3 Å². The van der Waals surface area contributed by atoms with Gasteiger partial charge >= 0.3 is 5.97 Å². The maximum Gasteiger partial charge on any atom is 0.323 e. The monoisotopic (exact) mass is 293 g/mol. The van der Waals surface area contributed by atoms with Crippen molar-refractivity contribution in [2.75, 3.05) is 7.05 Å². The number of nitrogens with one attached hydrogen (secondary N) is 1. The van der Waals surface area contributed by atoms with Crippen molar-refractivity contribution < 1.29 is 14.6 Å². The first-order valence-corrected chi connectivity index (χ1v) is 7.39. The minimum Gasteiger partial charge on any atom is -0.490 e. The molecule has 0 saturated carbocycles. The number of hydrogen-bond donors (Lipinski definition) is 2. The quantitative estimate of drug-likeness (QED) is 0.809. The molecule has 4 heteroatoms. The molecule has 0 aliphatic rings. The summed E-state index contributed by atoms with van der Waals surface area (Å²) in [4.78, 5) is 11.3. The van der Waals surface area contributed by atoms with Crippen LogP contribution in [0.1, 0.15) is 51.2 Å². The van der Waals surface area contributed by atoms with E-state index in [1.54, 1.807) is 14.0 Å². The molecule has 0 saturated heterocycles. The fourth-order valence-electron chi connectivity index (χ4n) is 2.23. The molecule has 2 unspecified atom stereocenters. The molecule has 1 rings (SSSR count). The summed E-state index contributed by atoms with van der Waals surface area (Å²) in [5, 5.41) is 12.2. The van der Waals surface area contributed by atoms with E-state index in [-0.39, 0.29) is 6.10 Å². The van der Waals surface area contributed by atoms with Crippen LogP contribution >= 0.6 is 0 Å². The molecular formula is C17H27NO3. The average Bonchev–Trinajstić information content (AvgIpc) is 2.40. The van der Waals surface area contributed by atoms with Crippen molar-refractivity contribution in [3.05, 3.63) is 29.3 Å². The van der Waals surface area contributed by atoms with Crippen LogP contribution in [0.15, 0.2) is 18.2 Å². The molecule has 1 aromatic carbocycles. The van der Waals surface area contributed by atoms with Crippen LogP contribution in [-0.4, -0.2) is 29.8 Å². The molecule has 4 nitrogen and oxygen atoms in total. The van der Waals surface area contributed by atoms with E-state index in [1.165, 1.54) is 5.56 Å². The van der Waals surface area contributed by atoms with E-state index in [1.807, 2.05) is 26.0 Å². The Morgan fingerprint density at radius 2 is 2.00 bits per heavy atom. The topological polar surface area (TPSA) is 58.6 Å². The lowest BCUT2D eigenvalue weighted by molar-refractivity contribution is -0.145. The van der Waals surface area contributed by atoms with Crippen LogP contribution < -0.4 is 10.1 Å². The number of carboxylic acids is 1. The van der Waals surface area contributed by atoms with E-state index in [9.17, 15) is 9.90 Å². The Bertz CT molecular complexity index is 499. The van der Waals surface area contributed by atoms with Crippen LogP contribution in [0.4, 0.5) is 0 Å². The van der Waals surface area contributed by atoms with Crippen molar-refractivity contribution in [3.63, 3.8) is 0 Å². The second kappa shape index (κ2) is 6.94. The molecule has 0 amide bonds. The van der Waals surface area contributed by atoms with Crippen LogP contribution in [-0.2, 0) is 4.79 Å². The third-order valence-electron chi connectivity index (χ3n) is 3.93. The molecule has 0 aliphatic carbocycles. The van der Waals surface area contributed by atoms with Gasteiger partial charge in [0.15, 0.2) is 0 Å². The number of rotatable bonds is 7. The number of aliphatic carboxylic acids is 1. The summed E-state index contributed by atoms with van der Waals surface area (Å²) in [5.74, 6) is 0.399. The summed E-state index contributed by atoms with van der Waals surface area (Å²) in [6.07, 6.45) is 0.198. The van der Waals surface area contributed by atoms with Crippen LogP contribution in [0.2, 0.25) is 0 Å². The Morgan fingerprint density at radius 1 is 1.38 bits per heavy atom.